The molecule has 0 radical (unpaired) electrons. The molecule has 7 heteroatoms. The summed E-state index contributed by atoms with van der Waals surface area (Å²) in [6, 6.07) is 0. The summed E-state index contributed by atoms with van der Waals surface area (Å²) in [5.74, 6) is -1.65. The maximum atomic E-state index is 11.7. The molecule has 0 aromatic rings. The standard InChI is InChI=1S/3C5H7O2.Cr/c3*1-4(6)3-5(2)7;/h3*1,3H2,2H3;. The number of carbonyl (C=O) groups excluding carboxylic acids is 6. The van der Waals surface area contributed by atoms with Crippen molar-refractivity contribution < 1.29 is 42.9 Å². The van der Waals surface area contributed by atoms with E-state index < -0.39 is 14.1 Å². The van der Waals surface area contributed by atoms with Crippen LogP contribution in [0.1, 0.15) is 40.0 Å². The normalized spacial score (nSPS) is 10.4. The van der Waals surface area contributed by atoms with E-state index in [1.165, 1.54) is 20.8 Å². The second-order valence-electron chi connectivity index (χ2n) is 5.30. The van der Waals surface area contributed by atoms with Crippen LogP contribution in [0.2, 0.25) is 15.8 Å². The molecule has 22 heavy (non-hydrogen) atoms. The molecule has 123 valence electrons. The van der Waals surface area contributed by atoms with Crippen molar-refractivity contribution in [1.29, 1.82) is 0 Å². The number of hydrogen-bond acceptors (Lipinski definition) is 6. The molecule has 0 aliphatic heterocycles. The van der Waals surface area contributed by atoms with Gasteiger partial charge in [-0.25, -0.2) is 0 Å². The van der Waals surface area contributed by atoms with Gasteiger partial charge in [-0.15, -0.1) is 0 Å². The zero-order valence-electron chi connectivity index (χ0n) is 13.1. The zero-order valence-corrected chi connectivity index (χ0v) is 14.4. The Labute approximate surface area is 134 Å². The van der Waals surface area contributed by atoms with Gasteiger partial charge in [0.25, 0.3) is 0 Å². The summed E-state index contributed by atoms with van der Waals surface area (Å²) in [6.07, 6.45) is -0.620. The summed E-state index contributed by atoms with van der Waals surface area (Å²) in [6.45, 7) is 3.90. The molecule has 0 aromatic carbocycles. The van der Waals surface area contributed by atoms with Crippen LogP contribution in [-0.4, -0.2) is 34.7 Å². The van der Waals surface area contributed by atoms with Crippen LogP contribution >= 0.6 is 0 Å². The number of rotatable bonds is 12. The molecule has 0 unspecified atom stereocenters. The first kappa shape index (κ1) is 20.6. The minimum atomic E-state index is -1.94. The average Bonchev–Trinajstić information content (AvgIpc) is 2.23. The van der Waals surface area contributed by atoms with Crippen LogP contribution in [0, 0.1) is 0 Å². The molecule has 0 spiro atoms. The van der Waals surface area contributed by atoms with E-state index in [0.29, 0.717) is 0 Å². The Morgan fingerprint density at radius 1 is 0.545 bits per heavy atom. The third kappa shape index (κ3) is 11.2. The van der Waals surface area contributed by atoms with Gasteiger partial charge in [-0.05, 0) is 0 Å². The number of hydrogen-bond donors (Lipinski definition) is 0. The van der Waals surface area contributed by atoms with E-state index in [9.17, 15) is 28.8 Å². The van der Waals surface area contributed by atoms with Gasteiger partial charge in [-0.2, -0.15) is 0 Å². The summed E-state index contributed by atoms with van der Waals surface area (Å²) >= 11 is -1.94. The Morgan fingerprint density at radius 3 is 0.955 bits per heavy atom. The van der Waals surface area contributed by atoms with Crippen LogP contribution in [0.15, 0.2) is 0 Å². The van der Waals surface area contributed by atoms with Gasteiger partial charge in [0.05, 0.1) is 0 Å². The van der Waals surface area contributed by atoms with E-state index in [-0.39, 0.29) is 69.8 Å². The Kier molecular flexibility index (Phi) is 9.63. The first-order chi connectivity index (χ1) is 10.1. The minimum absolute atomic E-state index is 0.0485. The molecule has 0 amide bonds. The van der Waals surface area contributed by atoms with E-state index >= 15 is 0 Å². The van der Waals surface area contributed by atoms with Gasteiger partial charge in [0.15, 0.2) is 0 Å². The predicted molar refractivity (Wildman–Crippen MR) is 75.3 cm³/mol. The van der Waals surface area contributed by atoms with Crippen LogP contribution in [0.5, 0.6) is 0 Å². The van der Waals surface area contributed by atoms with Crippen molar-refractivity contribution in [2.24, 2.45) is 0 Å². The quantitative estimate of drug-likeness (QED) is 0.495. The van der Waals surface area contributed by atoms with Gasteiger partial charge in [-0.3, -0.25) is 0 Å². The molecule has 0 saturated carbocycles. The van der Waals surface area contributed by atoms with Crippen molar-refractivity contribution in [3.63, 3.8) is 0 Å². The van der Waals surface area contributed by atoms with Crippen LogP contribution in [-0.2, 0) is 42.9 Å². The molecular weight excluding hydrogens is 328 g/mol. The van der Waals surface area contributed by atoms with Crippen molar-refractivity contribution in [1.82, 2.24) is 0 Å². The van der Waals surface area contributed by atoms with Crippen molar-refractivity contribution in [2.75, 3.05) is 0 Å². The van der Waals surface area contributed by atoms with Crippen LogP contribution in [0.4, 0.5) is 0 Å². The third-order valence-electron chi connectivity index (χ3n) is 2.43. The first-order valence-electron chi connectivity index (χ1n) is 6.77. The summed E-state index contributed by atoms with van der Waals surface area (Å²) in [7, 11) is 0. The molecule has 0 atom stereocenters. The van der Waals surface area contributed by atoms with Gasteiger partial charge >= 0.3 is 133 Å². The SMILES string of the molecule is CC(=O)CC(=O)[CH2][Cr]([CH2]C(=O)CC(C)=O)[CH2]C(=O)CC(C)=O. The van der Waals surface area contributed by atoms with E-state index in [0.717, 1.165) is 0 Å². The molecule has 0 aromatic heterocycles. The fraction of sp³-hybridized carbons (Fsp3) is 0.600. The molecular formula is C15H21CrO6. The Morgan fingerprint density at radius 2 is 0.773 bits per heavy atom. The molecule has 0 heterocycles. The Hall–Kier alpha value is -1.45. The first-order valence-corrected chi connectivity index (χ1v) is 9.48. The molecule has 0 fully saturated rings. The summed E-state index contributed by atoms with van der Waals surface area (Å²) in [5.41, 5.74) is 0. The Bertz CT molecular complexity index is 423. The summed E-state index contributed by atoms with van der Waals surface area (Å²) in [4.78, 5) is 68.0. The second kappa shape index (κ2) is 10.3. The van der Waals surface area contributed by atoms with Gasteiger partial charge in [0, 0.05) is 0 Å². The molecule has 6 nitrogen and oxygen atoms in total. The van der Waals surface area contributed by atoms with Crippen molar-refractivity contribution >= 4 is 34.7 Å². The van der Waals surface area contributed by atoms with Crippen molar-refractivity contribution in [3.05, 3.63) is 0 Å². The fourth-order valence-electron chi connectivity index (χ4n) is 1.82. The van der Waals surface area contributed by atoms with Crippen LogP contribution < -0.4 is 0 Å². The number of carbonyl (C=O) groups is 6. The number of Topliss-reactive ketones (excluding diaryl/α,β-unsaturated/α-hetero) is 6. The molecule has 0 aliphatic carbocycles. The van der Waals surface area contributed by atoms with E-state index in [1.54, 1.807) is 0 Å². The van der Waals surface area contributed by atoms with E-state index in [2.05, 4.69) is 0 Å². The third-order valence-corrected chi connectivity index (χ3v) is 5.85. The molecule has 0 aliphatic rings. The molecule has 0 rings (SSSR count). The van der Waals surface area contributed by atoms with Gasteiger partial charge in [-0.1, -0.05) is 0 Å². The maximum absolute atomic E-state index is 11.7. The van der Waals surface area contributed by atoms with Crippen LogP contribution in [0.25, 0.3) is 0 Å². The molecule has 0 N–H and O–H groups in total. The van der Waals surface area contributed by atoms with Crippen LogP contribution in [0.3, 0.4) is 0 Å². The average molecular weight is 349 g/mol. The van der Waals surface area contributed by atoms with E-state index in [1.807, 2.05) is 0 Å². The van der Waals surface area contributed by atoms with Gasteiger partial charge in [0.1, 0.15) is 0 Å². The topological polar surface area (TPSA) is 102 Å². The van der Waals surface area contributed by atoms with Gasteiger partial charge < -0.3 is 0 Å². The fourth-order valence-corrected chi connectivity index (χ4v) is 4.91. The number of ketones is 6. The zero-order chi connectivity index (χ0) is 17.3. The molecule has 0 saturated heterocycles. The van der Waals surface area contributed by atoms with Gasteiger partial charge in [0.2, 0.25) is 0 Å². The van der Waals surface area contributed by atoms with E-state index in [4.69, 9.17) is 0 Å². The molecule has 0 bridgehead atoms. The summed E-state index contributed by atoms with van der Waals surface area (Å²) < 4.78 is 0. The predicted octanol–water partition coefficient (Wildman–Crippen LogP) is 1.50. The van der Waals surface area contributed by atoms with Crippen molar-refractivity contribution in [2.45, 2.75) is 55.9 Å². The monoisotopic (exact) mass is 349 g/mol. The summed E-state index contributed by atoms with van der Waals surface area (Å²) in [5, 5.41) is 0.145. The Balaban J connectivity index is 4.74. The van der Waals surface area contributed by atoms with Crippen molar-refractivity contribution in [3.8, 4) is 0 Å². The second-order valence-corrected chi connectivity index (χ2v) is 8.56.